The molecular formula is C23H23FN4O4S. The quantitative estimate of drug-likeness (QED) is 0.371. The van der Waals surface area contributed by atoms with E-state index in [2.05, 4.69) is 15.2 Å². The number of nitrogens with zero attached hydrogens (tertiary/aromatic N) is 4. The first-order valence-corrected chi connectivity index (χ1v) is 12.3. The standard InChI is InChI=1S/C23H23FN4O4S/c1-31-22-5-3-4-21(24)20(22)9-7-17-6-8-19(23-27-26-15-28(17)23)16-12-18(14-25-13-16)32-10-11-33(2,29)30/h3-6,8,12-15H,7,9-11H2,1-2H3. The first-order valence-electron chi connectivity index (χ1n) is 10.2. The molecule has 3 aromatic heterocycles. The summed E-state index contributed by atoms with van der Waals surface area (Å²) in [5.41, 5.74) is 3.61. The summed E-state index contributed by atoms with van der Waals surface area (Å²) in [7, 11) is -1.59. The van der Waals surface area contributed by atoms with E-state index < -0.39 is 9.84 Å². The SMILES string of the molecule is COc1cccc(F)c1CCc1ccc(-c2cncc(OCCS(C)(=O)=O)c2)c2nncn12. The second-order valence-corrected chi connectivity index (χ2v) is 9.83. The summed E-state index contributed by atoms with van der Waals surface area (Å²) in [6.45, 7) is 0.0444. The number of methoxy groups -OCH3 is 1. The zero-order chi connectivity index (χ0) is 23.4. The van der Waals surface area contributed by atoms with Crippen LogP contribution in [-0.2, 0) is 22.7 Å². The Morgan fingerprint density at radius 2 is 1.97 bits per heavy atom. The van der Waals surface area contributed by atoms with E-state index in [9.17, 15) is 12.8 Å². The minimum atomic E-state index is -3.11. The first kappa shape index (κ1) is 22.7. The van der Waals surface area contributed by atoms with Crippen molar-refractivity contribution in [1.29, 1.82) is 0 Å². The van der Waals surface area contributed by atoms with Gasteiger partial charge in [-0.25, -0.2) is 12.8 Å². The average Bonchev–Trinajstić information content (AvgIpc) is 3.27. The number of fused-ring (bicyclic) bond motifs is 1. The number of aryl methyl sites for hydroxylation is 1. The molecule has 1 aromatic carbocycles. The summed E-state index contributed by atoms with van der Waals surface area (Å²) >= 11 is 0. The van der Waals surface area contributed by atoms with Crippen molar-refractivity contribution in [3.8, 4) is 22.6 Å². The number of ether oxygens (including phenoxy) is 2. The lowest BCUT2D eigenvalue weighted by Gasteiger charge is -2.12. The summed E-state index contributed by atoms with van der Waals surface area (Å²) in [5, 5.41) is 8.30. The van der Waals surface area contributed by atoms with E-state index in [4.69, 9.17) is 9.47 Å². The normalized spacial score (nSPS) is 11.6. The molecule has 4 rings (SSSR count). The fourth-order valence-electron chi connectivity index (χ4n) is 3.57. The molecule has 0 saturated heterocycles. The van der Waals surface area contributed by atoms with Crippen LogP contribution in [0, 0.1) is 5.82 Å². The van der Waals surface area contributed by atoms with Gasteiger partial charge in [0.15, 0.2) is 15.5 Å². The second kappa shape index (κ2) is 9.53. The van der Waals surface area contributed by atoms with Gasteiger partial charge in [-0.2, -0.15) is 0 Å². The highest BCUT2D eigenvalue weighted by molar-refractivity contribution is 7.90. The molecule has 172 valence electrons. The molecule has 10 heteroatoms. The van der Waals surface area contributed by atoms with Crippen LogP contribution in [0.3, 0.4) is 0 Å². The van der Waals surface area contributed by atoms with Crippen LogP contribution in [0.2, 0.25) is 0 Å². The molecule has 8 nitrogen and oxygen atoms in total. The Morgan fingerprint density at radius 3 is 2.76 bits per heavy atom. The van der Waals surface area contributed by atoms with Crippen LogP contribution in [0.1, 0.15) is 11.3 Å². The largest absolute Gasteiger partial charge is 0.496 e. The van der Waals surface area contributed by atoms with Crippen LogP contribution in [0.25, 0.3) is 16.8 Å². The lowest BCUT2D eigenvalue weighted by atomic mass is 10.0. The third-order valence-electron chi connectivity index (χ3n) is 5.21. The van der Waals surface area contributed by atoms with Gasteiger partial charge in [0.1, 0.15) is 30.3 Å². The van der Waals surface area contributed by atoms with Crippen LogP contribution in [-0.4, -0.2) is 53.7 Å². The molecule has 33 heavy (non-hydrogen) atoms. The van der Waals surface area contributed by atoms with Crippen molar-refractivity contribution in [1.82, 2.24) is 19.6 Å². The third-order valence-corrected chi connectivity index (χ3v) is 6.12. The highest BCUT2D eigenvalue weighted by atomic mass is 32.2. The molecule has 0 spiro atoms. The minimum Gasteiger partial charge on any atom is -0.496 e. The van der Waals surface area contributed by atoms with Gasteiger partial charge < -0.3 is 9.47 Å². The zero-order valence-electron chi connectivity index (χ0n) is 18.2. The number of hydrogen-bond donors (Lipinski definition) is 0. The van der Waals surface area contributed by atoms with Crippen molar-refractivity contribution in [3.63, 3.8) is 0 Å². The molecule has 0 radical (unpaired) electrons. The van der Waals surface area contributed by atoms with Crippen LogP contribution in [0.4, 0.5) is 4.39 Å². The molecule has 0 aliphatic carbocycles. The first-order chi connectivity index (χ1) is 15.9. The van der Waals surface area contributed by atoms with Crippen molar-refractivity contribution in [3.05, 3.63) is 72.2 Å². The Bertz CT molecular complexity index is 1390. The maximum atomic E-state index is 14.3. The Kier molecular flexibility index (Phi) is 6.55. The van der Waals surface area contributed by atoms with Crippen LogP contribution < -0.4 is 9.47 Å². The maximum Gasteiger partial charge on any atom is 0.168 e. The van der Waals surface area contributed by atoms with Gasteiger partial charge in [0, 0.05) is 34.8 Å². The molecule has 0 aliphatic heterocycles. The summed E-state index contributed by atoms with van der Waals surface area (Å²) < 4.78 is 49.6. The number of pyridine rings is 2. The fraction of sp³-hybridized carbons (Fsp3) is 0.261. The summed E-state index contributed by atoms with van der Waals surface area (Å²) in [6, 6.07) is 10.4. The fourth-order valence-corrected chi connectivity index (χ4v) is 3.96. The van der Waals surface area contributed by atoms with Crippen molar-refractivity contribution in [2.75, 3.05) is 25.7 Å². The van der Waals surface area contributed by atoms with Crippen molar-refractivity contribution >= 4 is 15.5 Å². The van der Waals surface area contributed by atoms with Crippen molar-refractivity contribution in [2.45, 2.75) is 12.8 Å². The minimum absolute atomic E-state index is 0.0444. The summed E-state index contributed by atoms with van der Waals surface area (Å²) in [4.78, 5) is 4.21. The van der Waals surface area contributed by atoms with Gasteiger partial charge >= 0.3 is 0 Å². The van der Waals surface area contributed by atoms with E-state index in [1.807, 2.05) is 16.5 Å². The van der Waals surface area contributed by atoms with Gasteiger partial charge in [0.25, 0.3) is 0 Å². The molecule has 0 N–H and O–H groups in total. The Hall–Kier alpha value is -3.53. The molecule has 0 unspecified atom stereocenters. The van der Waals surface area contributed by atoms with E-state index in [0.29, 0.717) is 35.6 Å². The van der Waals surface area contributed by atoms with Crippen LogP contribution in [0.15, 0.2) is 55.1 Å². The zero-order valence-corrected chi connectivity index (χ0v) is 19.0. The van der Waals surface area contributed by atoms with Gasteiger partial charge in [0.05, 0.1) is 19.1 Å². The monoisotopic (exact) mass is 470 g/mol. The maximum absolute atomic E-state index is 14.3. The van der Waals surface area contributed by atoms with Gasteiger partial charge in [-0.3, -0.25) is 9.38 Å². The molecule has 0 fully saturated rings. The molecule has 0 bridgehead atoms. The number of benzene rings is 1. The Morgan fingerprint density at radius 1 is 1.12 bits per heavy atom. The molecule has 4 aromatic rings. The molecular weight excluding hydrogens is 447 g/mol. The Balaban J connectivity index is 1.58. The smallest absolute Gasteiger partial charge is 0.168 e. The van der Waals surface area contributed by atoms with Crippen molar-refractivity contribution in [2.24, 2.45) is 0 Å². The van der Waals surface area contributed by atoms with E-state index in [1.165, 1.54) is 19.4 Å². The Labute approximate surface area is 190 Å². The van der Waals surface area contributed by atoms with E-state index in [0.717, 1.165) is 23.1 Å². The summed E-state index contributed by atoms with van der Waals surface area (Å²) in [5.74, 6) is 0.604. The van der Waals surface area contributed by atoms with Crippen LogP contribution >= 0.6 is 0 Å². The lowest BCUT2D eigenvalue weighted by molar-refractivity contribution is 0.340. The van der Waals surface area contributed by atoms with Gasteiger partial charge in [0.2, 0.25) is 0 Å². The molecule has 3 heterocycles. The van der Waals surface area contributed by atoms with E-state index in [1.54, 1.807) is 30.7 Å². The topological polar surface area (TPSA) is 95.7 Å². The molecule has 0 saturated carbocycles. The van der Waals surface area contributed by atoms with Gasteiger partial charge in [-0.15, -0.1) is 10.2 Å². The number of halogens is 1. The molecule has 0 atom stereocenters. The van der Waals surface area contributed by atoms with E-state index in [-0.39, 0.29) is 18.2 Å². The predicted molar refractivity (Wildman–Crippen MR) is 122 cm³/mol. The van der Waals surface area contributed by atoms with Crippen molar-refractivity contribution < 1.29 is 22.3 Å². The molecule has 0 amide bonds. The number of aromatic nitrogens is 4. The number of hydrogen-bond acceptors (Lipinski definition) is 7. The van der Waals surface area contributed by atoms with E-state index >= 15 is 0 Å². The highest BCUT2D eigenvalue weighted by Crippen LogP contribution is 2.28. The summed E-state index contributed by atoms with van der Waals surface area (Å²) in [6.07, 6.45) is 7.00. The van der Waals surface area contributed by atoms with Crippen LogP contribution in [0.5, 0.6) is 11.5 Å². The second-order valence-electron chi connectivity index (χ2n) is 7.57. The van der Waals surface area contributed by atoms with Gasteiger partial charge in [-0.05, 0) is 43.2 Å². The highest BCUT2D eigenvalue weighted by Gasteiger charge is 2.14. The lowest BCUT2D eigenvalue weighted by Crippen LogP contribution is -2.12. The third kappa shape index (κ3) is 5.28. The number of sulfone groups is 1. The predicted octanol–water partition coefficient (Wildman–Crippen LogP) is 3.15. The van der Waals surface area contributed by atoms with Gasteiger partial charge in [-0.1, -0.05) is 6.07 Å². The number of rotatable bonds is 9. The molecule has 0 aliphatic rings. The average molecular weight is 471 g/mol.